The van der Waals surface area contributed by atoms with E-state index >= 15 is 0 Å². The molecule has 34 heteroatoms. The number of amides is 3. The Labute approximate surface area is 627 Å². The van der Waals surface area contributed by atoms with E-state index in [0.29, 0.717) is 12.8 Å². The van der Waals surface area contributed by atoms with Crippen molar-refractivity contribution in [2.24, 2.45) is 0 Å². The molecule has 5 aliphatic rings. The highest BCUT2D eigenvalue weighted by Gasteiger charge is 2.62. The highest BCUT2D eigenvalue weighted by Crippen LogP contribution is 2.41. The number of carboxylic acids is 1. The molecular formula is C73H131N3O31. The lowest BCUT2D eigenvalue weighted by Crippen LogP contribution is -2.72. The van der Waals surface area contributed by atoms with Gasteiger partial charge in [-0.05, 0) is 19.3 Å². The van der Waals surface area contributed by atoms with Crippen molar-refractivity contribution in [3.63, 3.8) is 0 Å². The number of nitrogens with one attached hydrogen (secondary N) is 3. The molecule has 20 N–H and O–H groups in total. The average molecular weight is 1550 g/mol. The molecule has 0 saturated carbocycles. The van der Waals surface area contributed by atoms with Gasteiger partial charge in [-0.25, -0.2) is 4.79 Å². The Balaban J connectivity index is 1.40. The monoisotopic (exact) mass is 1550 g/mol. The van der Waals surface area contributed by atoms with Crippen LogP contribution in [0.4, 0.5) is 0 Å². The van der Waals surface area contributed by atoms with E-state index in [2.05, 4.69) is 29.8 Å². The molecule has 0 aromatic heterocycles. The van der Waals surface area contributed by atoms with Gasteiger partial charge >= 0.3 is 5.97 Å². The fourth-order valence-corrected chi connectivity index (χ4v) is 14.3. The Morgan fingerprint density at radius 2 is 0.925 bits per heavy atom. The van der Waals surface area contributed by atoms with Crippen LogP contribution in [-0.2, 0) is 66.5 Å². The van der Waals surface area contributed by atoms with Crippen LogP contribution in [0.25, 0.3) is 0 Å². The molecule has 3 amide bonds. The molecule has 5 heterocycles. The van der Waals surface area contributed by atoms with Crippen molar-refractivity contribution in [3.05, 3.63) is 12.2 Å². The minimum atomic E-state index is -3.38. The van der Waals surface area contributed by atoms with Crippen molar-refractivity contribution < 1.29 is 153 Å². The van der Waals surface area contributed by atoms with E-state index in [1.165, 1.54) is 103 Å². The zero-order valence-electron chi connectivity index (χ0n) is 62.8. The van der Waals surface area contributed by atoms with Crippen LogP contribution >= 0.6 is 0 Å². The summed E-state index contributed by atoms with van der Waals surface area (Å²) in [6.45, 7) is 0.317. The minimum Gasteiger partial charge on any atom is -0.477 e. The van der Waals surface area contributed by atoms with E-state index in [4.69, 9.17) is 47.4 Å². The first-order valence-corrected chi connectivity index (χ1v) is 39.1. The van der Waals surface area contributed by atoms with Gasteiger partial charge < -0.3 is 150 Å². The second-order valence-corrected chi connectivity index (χ2v) is 29.3. The van der Waals surface area contributed by atoms with Gasteiger partial charge in [0.05, 0.1) is 63.9 Å². The molecule has 0 aromatic rings. The number of carbonyl (C=O) groups excluding carboxylic acids is 3. The van der Waals surface area contributed by atoms with Crippen LogP contribution in [0.15, 0.2) is 12.2 Å². The molecule has 0 bridgehead atoms. The van der Waals surface area contributed by atoms with Gasteiger partial charge in [-0.3, -0.25) is 14.4 Å². The fraction of sp³-hybridized carbons (Fsp3) is 0.918. The van der Waals surface area contributed by atoms with Crippen molar-refractivity contribution >= 4 is 23.7 Å². The predicted molar refractivity (Wildman–Crippen MR) is 378 cm³/mol. The maximum absolute atomic E-state index is 13.8. The first kappa shape index (κ1) is 94.2. The summed E-state index contributed by atoms with van der Waals surface area (Å²) in [4.78, 5) is 53.0. The molecule has 5 saturated heterocycles. The van der Waals surface area contributed by atoms with Crippen LogP contribution in [-0.4, -0.2) is 321 Å². The number of hydrogen-bond donors (Lipinski definition) is 20. The molecule has 0 aromatic carbocycles. The van der Waals surface area contributed by atoms with Crippen molar-refractivity contribution in [2.45, 2.75) is 385 Å². The molecule has 0 aliphatic carbocycles. The molecule has 5 fully saturated rings. The lowest BCUT2D eigenvalue weighted by Gasteiger charge is -2.52. The molecule has 34 nitrogen and oxygen atoms in total. The van der Waals surface area contributed by atoms with Gasteiger partial charge in [-0.15, -0.1) is 0 Å². The zero-order chi connectivity index (χ0) is 78.8. The molecule has 624 valence electrons. The van der Waals surface area contributed by atoms with Gasteiger partial charge in [-0.2, -0.15) is 0 Å². The normalized spacial score (nSPS) is 34.6. The maximum Gasteiger partial charge on any atom is 0.364 e. The van der Waals surface area contributed by atoms with E-state index in [1.54, 1.807) is 6.08 Å². The maximum atomic E-state index is 13.8. The standard InChI is InChI=1S/C73H131N3O31/c1-5-7-9-11-13-15-17-19-20-22-24-26-28-30-32-34-52(87)76-44(45(84)33-31-29-27-25-23-21-18-16-14-12-10-8-6-2)41-98-69-61(94)59(92)63(50(39-80)101-69)103-71-62(95)67(107-73(72(96)97)35-46(85)53(74-42(3)82)66(106-73)55(88)47(86)36-77)64(51(40-81)102-71)104-68-54(75-43(4)83)65(57(90)49(38-79)99-68)105-70-60(93)58(91)56(89)48(37-78)100-70/h31,33,44-51,53-71,77-81,84-86,88-95H,5-30,32,34-41H2,1-4H3,(H,74,82)(H,75,83)(H,76,87)(H,96,97)/b33-31+/t44-,45+,46+,47+,48+,49+,50+,51+,53-,54+,55?,56-,57-,58-,59+,60+,61+,62+,63+,64-,65+,66-,67+,68-,69+,70-,71-,73+/m0/s1. The lowest BCUT2D eigenvalue weighted by atomic mass is 9.88. The Morgan fingerprint density at radius 3 is 1.44 bits per heavy atom. The van der Waals surface area contributed by atoms with E-state index < -0.39 is 235 Å². The smallest absolute Gasteiger partial charge is 0.364 e. The Hall–Kier alpha value is -3.42. The van der Waals surface area contributed by atoms with Gasteiger partial charge in [-0.1, -0.05) is 180 Å². The summed E-state index contributed by atoms with van der Waals surface area (Å²) in [7, 11) is 0. The number of aliphatic hydroxyl groups excluding tert-OH is 16. The number of ether oxygens (including phenoxy) is 10. The largest absolute Gasteiger partial charge is 0.477 e. The van der Waals surface area contributed by atoms with E-state index in [0.717, 1.165) is 71.6 Å². The summed E-state index contributed by atoms with van der Waals surface area (Å²) in [5.41, 5.74) is 0. The van der Waals surface area contributed by atoms with Crippen LogP contribution in [0.3, 0.4) is 0 Å². The Morgan fingerprint density at radius 1 is 0.486 bits per heavy atom. The van der Waals surface area contributed by atoms with Crippen LogP contribution in [0.2, 0.25) is 0 Å². The number of allylic oxidation sites excluding steroid dienone is 1. The third-order valence-corrected chi connectivity index (χ3v) is 20.6. The Kier molecular flexibility index (Phi) is 44.0. The number of unbranched alkanes of at least 4 members (excludes halogenated alkanes) is 25. The third kappa shape index (κ3) is 29.2. The van der Waals surface area contributed by atoms with E-state index in [1.807, 2.05) is 6.08 Å². The number of aliphatic hydroxyl groups is 16. The molecule has 5 rings (SSSR count). The second kappa shape index (κ2) is 49.9. The number of aliphatic carboxylic acids is 1. The van der Waals surface area contributed by atoms with Crippen molar-refractivity contribution in [1.29, 1.82) is 0 Å². The Bertz CT molecular complexity index is 2500. The minimum absolute atomic E-state index is 0.135. The fourth-order valence-electron chi connectivity index (χ4n) is 14.3. The number of carbonyl (C=O) groups is 4. The van der Waals surface area contributed by atoms with Gasteiger partial charge in [0.25, 0.3) is 5.79 Å². The molecule has 28 atom stereocenters. The molecule has 0 radical (unpaired) electrons. The van der Waals surface area contributed by atoms with Crippen molar-refractivity contribution in [1.82, 2.24) is 16.0 Å². The van der Waals surface area contributed by atoms with Crippen LogP contribution in [0, 0.1) is 0 Å². The number of rotatable bonds is 52. The quantitative estimate of drug-likeness (QED) is 0.0255. The van der Waals surface area contributed by atoms with Crippen LogP contribution < -0.4 is 16.0 Å². The second-order valence-electron chi connectivity index (χ2n) is 29.3. The SMILES string of the molecule is CCCCCCCCCCCCC/C=C/[C@@H](O)[C@H](CO[C@@H]1O[C@H](CO)[C@@H](O[C@@H]2O[C@H](CO)[C@H](O[C@@H]3O[C@H](CO)[C@H](O)[C@H](O[C@@H]4O[C@H](CO)[C@H](O)[C@H](O)[C@H]4O)[C@H]3NC(C)=O)[C@H](O[C@@]3(C(=O)O)C[C@@H](O)[C@H](NC(C)=O)[C@@H](C(O)[C@H](O)CO)O3)[C@H]2O)[C@H](O)[C@H]1O)NC(=O)CCCCCCCCCCCCCCCCC. The first-order chi connectivity index (χ1) is 51.3. The number of hydrogen-bond acceptors (Lipinski definition) is 30. The molecule has 1 unspecified atom stereocenters. The summed E-state index contributed by atoms with van der Waals surface area (Å²) >= 11 is 0. The first-order valence-electron chi connectivity index (χ1n) is 39.1. The highest BCUT2D eigenvalue weighted by atomic mass is 16.8. The van der Waals surface area contributed by atoms with Gasteiger partial charge in [0, 0.05) is 26.7 Å². The highest BCUT2D eigenvalue weighted by molar-refractivity contribution is 5.77. The van der Waals surface area contributed by atoms with Crippen LogP contribution in [0.1, 0.15) is 214 Å². The average Bonchev–Trinajstić information content (AvgIpc) is 0.750. The zero-order valence-corrected chi connectivity index (χ0v) is 62.8. The topological polar surface area (TPSA) is 541 Å². The van der Waals surface area contributed by atoms with E-state index in [-0.39, 0.29) is 12.3 Å². The molecule has 107 heavy (non-hydrogen) atoms. The van der Waals surface area contributed by atoms with Gasteiger partial charge in [0.2, 0.25) is 17.7 Å². The van der Waals surface area contributed by atoms with E-state index in [9.17, 15) is 106 Å². The molecule has 5 aliphatic heterocycles. The number of carboxylic acid groups (broad SMARTS) is 1. The summed E-state index contributed by atoms with van der Waals surface area (Å²) in [5.74, 6) is -7.71. The predicted octanol–water partition coefficient (Wildman–Crippen LogP) is -1.04. The molecule has 0 spiro atoms. The summed E-state index contributed by atoms with van der Waals surface area (Å²) < 4.78 is 60.1. The van der Waals surface area contributed by atoms with Crippen LogP contribution in [0.5, 0.6) is 0 Å². The summed E-state index contributed by atoms with van der Waals surface area (Å²) in [6.07, 6.45) is -16.8. The van der Waals surface area contributed by atoms with Crippen molar-refractivity contribution in [2.75, 3.05) is 39.6 Å². The van der Waals surface area contributed by atoms with Crippen molar-refractivity contribution in [3.8, 4) is 0 Å². The third-order valence-electron chi connectivity index (χ3n) is 20.6. The summed E-state index contributed by atoms with van der Waals surface area (Å²) in [6, 6.07) is -4.81. The van der Waals surface area contributed by atoms with Gasteiger partial charge in [0.15, 0.2) is 25.2 Å². The van der Waals surface area contributed by atoms with Gasteiger partial charge in [0.1, 0.15) is 116 Å². The lowest BCUT2D eigenvalue weighted by molar-refractivity contribution is -0.403. The molecular weight excluding hydrogens is 1410 g/mol. The summed E-state index contributed by atoms with van der Waals surface area (Å²) in [5, 5.41) is 197.